The molecule has 3 rings (SSSR count). The maximum absolute atomic E-state index is 15.0. The molecule has 3 amide bonds. The monoisotopic (exact) mass is 524 g/mol. The van der Waals surface area contributed by atoms with Crippen LogP contribution >= 0.6 is 0 Å². The molecule has 0 aromatic heterocycles. The second kappa shape index (κ2) is 12.0. The molecule has 1 aliphatic rings. The Kier molecular flexibility index (Phi) is 9.09. The molecule has 1 saturated heterocycles. The van der Waals surface area contributed by atoms with Gasteiger partial charge in [0.15, 0.2) is 5.78 Å². The average molecular weight is 525 g/mol. The first-order valence-corrected chi connectivity index (χ1v) is 11.6. The number of halogens is 4. The first-order chi connectivity index (χ1) is 17.5. The van der Waals surface area contributed by atoms with Gasteiger partial charge in [0.25, 0.3) is 0 Å². The van der Waals surface area contributed by atoms with Crippen molar-refractivity contribution in [2.24, 2.45) is 0 Å². The molecule has 1 N–H and O–H groups in total. The fraction of sp³-hybridized carbons (Fsp3) is 0.400. The zero-order valence-corrected chi connectivity index (χ0v) is 20.5. The van der Waals surface area contributed by atoms with Crippen LogP contribution in [0.4, 0.5) is 28.0 Å². The first-order valence-electron chi connectivity index (χ1n) is 11.6. The molecule has 2 aromatic rings. The summed E-state index contributed by atoms with van der Waals surface area (Å²) in [7, 11) is 1.49. The van der Waals surface area contributed by atoms with Gasteiger partial charge in [-0.3, -0.25) is 14.5 Å². The molecule has 2 aromatic carbocycles. The van der Waals surface area contributed by atoms with E-state index in [4.69, 9.17) is 4.74 Å². The number of alkyl halides is 3. The Balaban J connectivity index is 1.80. The number of hydrogen-bond donors (Lipinski definition) is 1. The molecule has 0 spiro atoms. The third kappa shape index (κ3) is 7.19. The van der Waals surface area contributed by atoms with Gasteiger partial charge < -0.3 is 19.9 Å². The number of benzene rings is 2. The first kappa shape index (κ1) is 27.9. The average Bonchev–Trinajstić information content (AvgIpc) is 2.89. The number of carbonyl (C=O) groups is 3. The van der Waals surface area contributed by atoms with Gasteiger partial charge in [0.05, 0.1) is 20.2 Å². The van der Waals surface area contributed by atoms with E-state index in [0.717, 1.165) is 12.6 Å². The van der Waals surface area contributed by atoms with E-state index in [1.54, 1.807) is 29.2 Å². The molecular weight excluding hydrogens is 496 g/mol. The lowest BCUT2D eigenvalue weighted by Gasteiger charge is -2.37. The van der Waals surface area contributed by atoms with Crippen molar-refractivity contribution in [3.05, 3.63) is 59.4 Å². The number of hydrogen-bond acceptors (Lipinski definition) is 5. The number of likely N-dealkylation sites (N-methyl/N-ethyl adjacent to an activating group) is 1. The number of methoxy groups -OCH3 is 1. The minimum absolute atomic E-state index is 0.0965. The van der Waals surface area contributed by atoms with Gasteiger partial charge in [-0.2, -0.15) is 13.2 Å². The van der Waals surface area contributed by atoms with E-state index in [9.17, 15) is 27.6 Å². The van der Waals surface area contributed by atoms with Crippen molar-refractivity contribution in [2.45, 2.75) is 19.6 Å². The number of ketones is 1. The number of anilines is 1. The minimum Gasteiger partial charge on any atom is -0.497 e. The van der Waals surface area contributed by atoms with Crippen molar-refractivity contribution in [3.8, 4) is 5.75 Å². The normalized spacial score (nSPS) is 14.3. The molecule has 0 bridgehead atoms. The zero-order chi connectivity index (χ0) is 27.2. The zero-order valence-electron chi connectivity index (χ0n) is 20.5. The van der Waals surface area contributed by atoms with E-state index in [-0.39, 0.29) is 23.7 Å². The number of nitrogens with one attached hydrogen (secondary N) is 1. The van der Waals surface area contributed by atoms with Crippen molar-refractivity contribution < 1.29 is 36.7 Å². The second-order valence-electron chi connectivity index (χ2n) is 8.40. The highest BCUT2D eigenvalue weighted by molar-refractivity contribution is 6.00. The van der Waals surface area contributed by atoms with Crippen molar-refractivity contribution in [1.82, 2.24) is 15.1 Å². The summed E-state index contributed by atoms with van der Waals surface area (Å²) in [6.07, 6.45) is -5.13. The summed E-state index contributed by atoms with van der Waals surface area (Å²) < 4.78 is 57.3. The van der Waals surface area contributed by atoms with Crippen LogP contribution in [0.3, 0.4) is 0 Å². The van der Waals surface area contributed by atoms with Crippen molar-refractivity contribution in [1.29, 1.82) is 0 Å². The number of rotatable bonds is 8. The van der Waals surface area contributed by atoms with E-state index < -0.39 is 30.2 Å². The summed E-state index contributed by atoms with van der Waals surface area (Å²) in [5.41, 5.74) is 0.370. The maximum Gasteiger partial charge on any atom is 0.471 e. The molecular formula is C25H28F4N4O4. The molecule has 12 heteroatoms. The Labute approximate surface area is 211 Å². The van der Waals surface area contributed by atoms with E-state index in [0.29, 0.717) is 37.6 Å². The summed E-state index contributed by atoms with van der Waals surface area (Å²) >= 11 is 0. The highest BCUT2D eigenvalue weighted by atomic mass is 19.4. The molecule has 37 heavy (non-hydrogen) atoms. The quantitative estimate of drug-likeness (QED) is 0.423. The van der Waals surface area contributed by atoms with E-state index in [2.05, 4.69) is 4.90 Å². The van der Waals surface area contributed by atoms with Gasteiger partial charge in [-0.15, -0.1) is 0 Å². The standard InChI is InChI=1S/C25H28F4N4O4/c1-3-31-9-11-32(12-10-31)24(36)33(19-5-4-6-20(14-19)37-2)16-18-8-7-17(13-21(18)26)22(34)15-30-23(35)25(27,28)29/h4-8,13-14H,3,9-12,15-16H2,1-2H3,(H,30,35). The minimum atomic E-state index is -5.13. The van der Waals surface area contributed by atoms with E-state index in [1.165, 1.54) is 29.5 Å². The Bertz CT molecular complexity index is 1130. The van der Waals surface area contributed by atoms with Crippen LogP contribution in [0, 0.1) is 5.82 Å². The van der Waals surface area contributed by atoms with Crippen molar-refractivity contribution in [3.63, 3.8) is 0 Å². The van der Waals surface area contributed by atoms with Crippen LogP contribution in [0.5, 0.6) is 5.75 Å². The molecule has 0 atom stereocenters. The van der Waals surface area contributed by atoms with Crippen LogP contribution in [-0.4, -0.2) is 80.1 Å². The molecule has 1 aliphatic heterocycles. The second-order valence-corrected chi connectivity index (χ2v) is 8.40. The topological polar surface area (TPSA) is 82.2 Å². The smallest absolute Gasteiger partial charge is 0.471 e. The highest BCUT2D eigenvalue weighted by Gasteiger charge is 2.38. The predicted molar refractivity (Wildman–Crippen MR) is 128 cm³/mol. The molecule has 8 nitrogen and oxygen atoms in total. The van der Waals surface area contributed by atoms with Gasteiger partial charge in [-0.05, 0) is 24.7 Å². The Hall–Kier alpha value is -3.67. The van der Waals surface area contributed by atoms with Crippen LogP contribution in [-0.2, 0) is 11.3 Å². The van der Waals surface area contributed by atoms with Gasteiger partial charge in [0, 0.05) is 49.1 Å². The van der Waals surface area contributed by atoms with Crippen LogP contribution in [0.2, 0.25) is 0 Å². The number of Topliss-reactive ketones (excluding diaryl/α,β-unsaturated/α-hetero) is 1. The largest absolute Gasteiger partial charge is 0.497 e. The van der Waals surface area contributed by atoms with Crippen molar-refractivity contribution >= 4 is 23.4 Å². The fourth-order valence-electron chi connectivity index (χ4n) is 3.86. The Morgan fingerprint density at radius 3 is 2.35 bits per heavy atom. The van der Waals surface area contributed by atoms with Gasteiger partial charge in [0.2, 0.25) is 0 Å². The number of ether oxygens (including phenoxy) is 1. The highest BCUT2D eigenvalue weighted by Crippen LogP contribution is 2.26. The van der Waals surface area contributed by atoms with Crippen LogP contribution in [0.15, 0.2) is 42.5 Å². The number of piperazine rings is 1. The number of carbonyl (C=O) groups excluding carboxylic acids is 3. The third-order valence-corrected chi connectivity index (χ3v) is 6.06. The van der Waals surface area contributed by atoms with Crippen LogP contribution < -0.4 is 15.0 Å². The lowest BCUT2D eigenvalue weighted by atomic mass is 10.1. The summed E-state index contributed by atoms with van der Waals surface area (Å²) in [6.45, 7) is 4.26. The summed E-state index contributed by atoms with van der Waals surface area (Å²) in [6, 6.07) is 9.87. The maximum atomic E-state index is 15.0. The fourth-order valence-corrected chi connectivity index (χ4v) is 3.86. The summed E-state index contributed by atoms with van der Waals surface area (Å²) in [4.78, 5) is 41.9. The molecule has 1 fully saturated rings. The van der Waals surface area contributed by atoms with Gasteiger partial charge >= 0.3 is 18.1 Å². The van der Waals surface area contributed by atoms with E-state index >= 15 is 4.39 Å². The Morgan fingerprint density at radius 1 is 1.05 bits per heavy atom. The van der Waals surface area contributed by atoms with Gasteiger partial charge in [-0.25, -0.2) is 9.18 Å². The van der Waals surface area contributed by atoms with Gasteiger partial charge in [-0.1, -0.05) is 25.1 Å². The van der Waals surface area contributed by atoms with E-state index in [1.807, 2.05) is 6.92 Å². The van der Waals surface area contributed by atoms with Crippen molar-refractivity contribution in [2.75, 3.05) is 51.3 Å². The molecule has 0 radical (unpaired) electrons. The number of amides is 3. The number of nitrogens with zero attached hydrogens (tertiary/aromatic N) is 3. The molecule has 1 heterocycles. The lowest BCUT2D eigenvalue weighted by Crippen LogP contribution is -2.52. The molecule has 0 unspecified atom stereocenters. The van der Waals surface area contributed by atoms with Gasteiger partial charge in [0.1, 0.15) is 11.6 Å². The van der Waals surface area contributed by atoms with Crippen LogP contribution in [0.1, 0.15) is 22.8 Å². The lowest BCUT2D eigenvalue weighted by molar-refractivity contribution is -0.173. The summed E-state index contributed by atoms with van der Waals surface area (Å²) in [5, 5.41) is 1.47. The predicted octanol–water partition coefficient (Wildman–Crippen LogP) is 3.46. The Morgan fingerprint density at radius 2 is 1.76 bits per heavy atom. The molecule has 200 valence electrons. The summed E-state index contributed by atoms with van der Waals surface area (Å²) in [5.74, 6) is -3.46. The SMILES string of the molecule is CCN1CCN(C(=O)N(Cc2ccc(C(=O)CNC(=O)C(F)(F)F)cc2F)c2cccc(OC)c2)CC1. The third-order valence-electron chi connectivity index (χ3n) is 6.06. The molecule has 0 aliphatic carbocycles. The van der Waals surface area contributed by atoms with Crippen LogP contribution in [0.25, 0.3) is 0 Å². The number of urea groups is 1. The molecule has 0 saturated carbocycles.